The van der Waals surface area contributed by atoms with Crippen LogP contribution in [0.2, 0.25) is 5.02 Å². The molecule has 0 spiro atoms. The fourth-order valence-corrected chi connectivity index (χ4v) is 1.15. The fourth-order valence-electron chi connectivity index (χ4n) is 0.962. The highest BCUT2D eigenvalue weighted by atomic mass is 35.5. The van der Waals surface area contributed by atoms with Crippen molar-refractivity contribution in [3.63, 3.8) is 0 Å². The van der Waals surface area contributed by atoms with Gasteiger partial charge in [0.2, 0.25) is 0 Å². The summed E-state index contributed by atoms with van der Waals surface area (Å²) in [5.74, 6) is 0. The molecular weight excluding hydrogens is 196 g/mol. The van der Waals surface area contributed by atoms with E-state index in [0.717, 1.165) is 5.56 Å². The largest absolute Gasteiger partial charge is 0.319 e. The number of benzene rings is 1. The van der Waals surface area contributed by atoms with Gasteiger partial charge in [-0.3, -0.25) is 0 Å². The summed E-state index contributed by atoms with van der Waals surface area (Å²) < 4.78 is 24.4. The molecule has 0 saturated heterocycles. The maximum absolute atomic E-state index is 12.2. The van der Waals surface area contributed by atoms with Gasteiger partial charge in [0.1, 0.15) is 0 Å². The summed E-state index contributed by atoms with van der Waals surface area (Å²) in [4.78, 5) is 0. The van der Waals surface area contributed by atoms with Crippen molar-refractivity contribution < 1.29 is 8.78 Å². The molecule has 1 atom stereocenters. The predicted molar refractivity (Wildman–Crippen MR) is 49.1 cm³/mol. The average Bonchev–Trinajstić information content (AvgIpc) is 2.08. The number of aryl methyl sites for hydroxylation is 1. The quantitative estimate of drug-likeness (QED) is 0.790. The van der Waals surface area contributed by atoms with Crippen molar-refractivity contribution in [2.75, 3.05) is 0 Å². The van der Waals surface area contributed by atoms with Crippen molar-refractivity contribution in [3.8, 4) is 0 Å². The van der Waals surface area contributed by atoms with E-state index in [-0.39, 0.29) is 0 Å². The molecule has 1 nitrogen and oxygen atoms in total. The van der Waals surface area contributed by atoms with Crippen LogP contribution in [0.25, 0.3) is 0 Å². The molecule has 4 heteroatoms. The molecule has 0 amide bonds. The monoisotopic (exact) mass is 205 g/mol. The van der Waals surface area contributed by atoms with Crippen LogP contribution in [-0.2, 0) is 0 Å². The first kappa shape index (κ1) is 10.4. The fraction of sp³-hybridized carbons (Fsp3) is 0.333. The van der Waals surface area contributed by atoms with Gasteiger partial charge in [0, 0.05) is 5.02 Å². The molecule has 1 aromatic carbocycles. The van der Waals surface area contributed by atoms with E-state index in [9.17, 15) is 8.78 Å². The van der Waals surface area contributed by atoms with Crippen molar-refractivity contribution in [2.45, 2.75) is 19.4 Å². The Balaban J connectivity index is 2.97. The Bertz CT molecular complexity index is 302. The summed E-state index contributed by atoms with van der Waals surface area (Å²) in [6.45, 7) is 1.81. The highest BCUT2D eigenvalue weighted by molar-refractivity contribution is 6.31. The van der Waals surface area contributed by atoms with E-state index >= 15 is 0 Å². The number of rotatable bonds is 2. The molecule has 0 aromatic heterocycles. The summed E-state index contributed by atoms with van der Waals surface area (Å²) >= 11 is 5.76. The number of alkyl halides is 2. The van der Waals surface area contributed by atoms with Crippen LogP contribution in [0.4, 0.5) is 8.78 Å². The van der Waals surface area contributed by atoms with Crippen molar-refractivity contribution in [3.05, 3.63) is 34.3 Å². The molecule has 2 N–H and O–H groups in total. The third-order valence-electron chi connectivity index (χ3n) is 1.85. The first-order valence-corrected chi connectivity index (χ1v) is 4.20. The van der Waals surface area contributed by atoms with Gasteiger partial charge in [0.15, 0.2) is 0 Å². The van der Waals surface area contributed by atoms with E-state index in [1.807, 2.05) is 0 Å². The highest BCUT2D eigenvalue weighted by Crippen LogP contribution is 2.23. The lowest BCUT2D eigenvalue weighted by molar-refractivity contribution is 0.116. The molecule has 0 aliphatic heterocycles. The van der Waals surface area contributed by atoms with Gasteiger partial charge in [-0.2, -0.15) is 0 Å². The Labute approximate surface area is 80.5 Å². The molecule has 0 radical (unpaired) electrons. The van der Waals surface area contributed by atoms with Gasteiger partial charge in [0.25, 0.3) is 6.43 Å². The lowest BCUT2D eigenvalue weighted by atomic mass is 10.1. The second kappa shape index (κ2) is 4.03. The Hall–Kier alpha value is -0.670. The minimum absolute atomic E-state index is 0.366. The molecule has 0 unspecified atom stereocenters. The van der Waals surface area contributed by atoms with Crippen molar-refractivity contribution in [2.24, 2.45) is 5.73 Å². The van der Waals surface area contributed by atoms with E-state index in [2.05, 4.69) is 0 Å². The third-order valence-corrected chi connectivity index (χ3v) is 2.26. The van der Waals surface area contributed by atoms with Crippen molar-refractivity contribution in [1.29, 1.82) is 0 Å². The van der Waals surface area contributed by atoms with Crippen LogP contribution in [0.1, 0.15) is 17.2 Å². The topological polar surface area (TPSA) is 26.0 Å². The zero-order valence-electron chi connectivity index (χ0n) is 7.10. The molecule has 0 aliphatic carbocycles. The molecule has 0 bridgehead atoms. The Morgan fingerprint density at radius 1 is 1.38 bits per heavy atom. The van der Waals surface area contributed by atoms with Gasteiger partial charge < -0.3 is 5.73 Å². The molecular formula is C9H10ClF2N. The van der Waals surface area contributed by atoms with E-state index in [4.69, 9.17) is 17.3 Å². The first-order valence-electron chi connectivity index (χ1n) is 3.82. The van der Waals surface area contributed by atoms with Gasteiger partial charge >= 0.3 is 0 Å². The van der Waals surface area contributed by atoms with Crippen LogP contribution in [0.3, 0.4) is 0 Å². The maximum atomic E-state index is 12.2. The standard InChI is InChI=1S/C9H10ClF2N/c1-5-2-3-6(4-7(5)10)8(13)9(11)12/h2-4,8-9H,13H2,1H3/t8-/m0/s1. The third kappa shape index (κ3) is 2.39. The van der Waals surface area contributed by atoms with Gasteiger partial charge in [0.05, 0.1) is 6.04 Å². The Morgan fingerprint density at radius 2 is 2.00 bits per heavy atom. The van der Waals surface area contributed by atoms with Crippen molar-refractivity contribution >= 4 is 11.6 Å². The van der Waals surface area contributed by atoms with Gasteiger partial charge in [-0.05, 0) is 24.1 Å². The molecule has 72 valence electrons. The number of hydrogen-bond acceptors (Lipinski definition) is 1. The summed E-state index contributed by atoms with van der Waals surface area (Å²) in [5, 5.41) is 0.466. The first-order chi connectivity index (χ1) is 6.02. The minimum atomic E-state index is -2.56. The minimum Gasteiger partial charge on any atom is -0.319 e. The average molecular weight is 206 g/mol. The van der Waals surface area contributed by atoms with Crippen LogP contribution >= 0.6 is 11.6 Å². The summed E-state index contributed by atoms with van der Waals surface area (Å²) in [7, 11) is 0. The summed E-state index contributed by atoms with van der Waals surface area (Å²) in [6.07, 6.45) is -2.56. The number of halogens is 3. The second-order valence-electron chi connectivity index (χ2n) is 2.87. The van der Waals surface area contributed by atoms with E-state index in [1.54, 1.807) is 19.1 Å². The molecule has 0 saturated carbocycles. The van der Waals surface area contributed by atoms with Gasteiger partial charge in [-0.1, -0.05) is 23.7 Å². The van der Waals surface area contributed by atoms with Crippen LogP contribution in [-0.4, -0.2) is 6.43 Å². The Morgan fingerprint density at radius 3 is 2.46 bits per heavy atom. The summed E-state index contributed by atoms with van der Waals surface area (Å²) in [6, 6.07) is 3.48. The lowest BCUT2D eigenvalue weighted by Crippen LogP contribution is -2.18. The predicted octanol–water partition coefficient (Wildman–Crippen LogP) is 2.91. The normalized spacial score (nSPS) is 13.4. The highest BCUT2D eigenvalue weighted by Gasteiger charge is 2.17. The van der Waals surface area contributed by atoms with Gasteiger partial charge in [-0.15, -0.1) is 0 Å². The van der Waals surface area contributed by atoms with Crippen LogP contribution in [0.15, 0.2) is 18.2 Å². The number of nitrogens with two attached hydrogens (primary N) is 1. The molecule has 0 heterocycles. The van der Waals surface area contributed by atoms with E-state index in [1.165, 1.54) is 6.07 Å². The summed E-state index contributed by atoms with van der Waals surface area (Å²) in [5.41, 5.74) is 6.47. The molecule has 1 aromatic rings. The molecule has 0 aliphatic rings. The zero-order chi connectivity index (χ0) is 10.0. The molecule has 1 rings (SSSR count). The zero-order valence-corrected chi connectivity index (χ0v) is 7.85. The smallest absolute Gasteiger partial charge is 0.257 e. The van der Waals surface area contributed by atoms with Crippen LogP contribution in [0.5, 0.6) is 0 Å². The SMILES string of the molecule is Cc1ccc([C@H](N)C(F)F)cc1Cl. The lowest BCUT2D eigenvalue weighted by Gasteiger charge is -2.11. The van der Waals surface area contributed by atoms with E-state index < -0.39 is 12.5 Å². The van der Waals surface area contributed by atoms with Crippen molar-refractivity contribution in [1.82, 2.24) is 0 Å². The molecule has 0 fully saturated rings. The second-order valence-corrected chi connectivity index (χ2v) is 3.28. The Kier molecular flexibility index (Phi) is 3.22. The van der Waals surface area contributed by atoms with E-state index in [0.29, 0.717) is 10.6 Å². The van der Waals surface area contributed by atoms with Crippen LogP contribution in [0, 0.1) is 6.92 Å². The number of hydrogen-bond donors (Lipinski definition) is 1. The molecule has 13 heavy (non-hydrogen) atoms. The van der Waals surface area contributed by atoms with Gasteiger partial charge in [-0.25, -0.2) is 8.78 Å². The van der Waals surface area contributed by atoms with Crippen LogP contribution < -0.4 is 5.73 Å². The maximum Gasteiger partial charge on any atom is 0.257 e.